The van der Waals surface area contributed by atoms with Crippen LogP contribution >= 0.6 is 23.4 Å². The van der Waals surface area contributed by atoms with Crippen molar-refractivity contribution in [2.75, 3.05) is 10.8 Å². The molecule has 2 aromatic heterocycles. The van der Waals surface area contributed by atoms with Crippen LogP contribution in [0, 0.1) is 0 Å². The molecule has 124 valence electrons. The first kappa shape index (κ1) is 15.8. The molecule has 0 fully saturated rings. The summed E-state index contributed by atoms with van der Waals surface area (Å²) in [4.78, 5) is 29.3. The molecule has 7 nitrogen and oxygen atoms in total. The van der Waals surface area contributed by atoms with Crippen LogP contribution in [0.25, 0.3) is 11.4 Å². The van der Waals surface area contributed by atoms with Crippen LogP contribution in [0.3, 0.4) is 0 Å². The maximum absolute atomic E-state index is 12.9. The second-order valence-corrected chi connectivity index (χ2v) is 6.48. The topological polar surface area (TPSA) is 81.0 Å². The van der Waals surface area contributed by atoms with Gasteiger partial charge in [-0.1, -0.05) is 35.5 Å². The number of thioether (sulfide) groups is 1. The molecule has 0 saturated heterocycles. The van der Waals surface area contributed by atoms with E-state index in [1.807, 2.05) is 0 Å². The molecule has 0 radical (unpaired) electrons. The van der Waals surface area contributed by atoms with Crippen LogP contribution in [0.5, 0.6) is 0 Å². The lowest BCUT2D eigenvalue weighted by Gasteiger charge is -2.27. The number of hydrogen-bond acceptors (Lipinski definition) is 6. The molecule has 0 saturated carbocycles. The van der Waals surface area contributed by atoms with E-state index < -0.39 is 5.91 Å². The summed E-state index contributed by atoms with van der Waals surface area (Å²) in [5, 5.41) is 10.2. The quantitative estimate of drug-likeness (QED) is 0.643. The third-order valence-corrected chi connectivity index (χ3v) is 4.84. The number of hydrogen-bond donors (Lipinski definition) is 0. The number of fused-ring (bicyclic) bond motifs is 1. The minimum absolute atomic E-state index is 0.109. The fourth-order valence-electron chi connectivity index (χ4n) is 2.47. The molecule has 1 aliphatic heterocycles. The summed E-state index contributed by atoms with van der Waals surface area (Å²) in [5.74, 6) is -0.379. The zero-order chi connectivity index (χ0) is 17.4. The van der Waals surface area contributed by atoms with Gasteiger partial charge in [0.1, 0.15) is 0 Å². The average Bonchev–Trinajstić information content (AvgIpc) is 3.06. The average molecular weight is 372 g/mol. The van der Waals surface area contributed by atoms with E-state index in [1.54, 1.807) is 36.4 Å². The lowest BCUT2D eigenvalue weighted by molar-refractivity contribution is -0.117. The number of imide groups is 1. The second-order valence-electron chi connectivity index (χ2n) is 5.13. The monoisotopic (exact) mass is 371 g/mol. The van der Waals surface area contributed by atoms with Crippen LogP contribution < -0.4 is 5.01 Å². The molecule has 0 N–H and O–H groups in total. The summed E-state index contributed by atoms with van der Waals surface area (Å²) in [6.07, 6.45) is 3.00. The molecule has 3 heterocycles. The van der Waals surface area contributed by atoms with Gasteiger partial charge in [-0.2, -0.15) is 9.69 Å². The van der Waals surface area contributed by atoms with Crippen molar-refractivity contribution in [3.8, 4) is 11.4 Å². The Morgan fingerprint density at radius 1 is 1.12 bits per heavy atom. The summed E-state index contributed by atoms with van der Waals surface area (Å²) in [5.41, 5.74) is 0.936. The third-order valence-electron chi connectivity index (χ3n) is 3.61. The highest BCUT2D eigenvalue weighted by Crippen LogP contribution is 2.32. The van der Waals surface area contributed by atoms with E-state index >= 15 is 0 Å². The summed E-state index contributed by atoms with van der Waals surface area (Å²) in [7, 11) is 0. The Kier molecular flexibility index (Phi) is 3.98. The van der Waals surface area contributed by atoms with Gasteiger partial charge in [-0.3, -0.25) is 14.6 Å². The van der Waals surface area contributed by atoms with Crippen molar-refractivity contribution in [3.63, 3.8) is 0 Å². The van der Waals surface area contributed by atoms with Gasteiger partial charge in [0.2, 0.25) is 5.16 Å². The van der Waals surface area contributed by atoms with Gasteiger partial charge in [-0.15, -0.1) is 10.2 Å². The van der Waals surface area contributed by atoms with Gasteiger partial charge in [-0.25, -0.2) is 0 Å². The van der Waals surface area contributed by atoms with E-state index in [0.717, 1.165) is 5.01 Å². The van der Waals surface area contributed by atoms with E-state index in [4.69, 9.17) is 11.6 Å². The van der Waals surface area contributed by atoms with Crippen LogP contribution in [0.2, 0.25) is 5.02 Å². The fraction of sp³-hybridized carbons (Fsp3) is 0.0625. The number of halogens is 1. The Morgan fingerprint density at radius 2 is 1.88 bits per heavy atom. The SMILES string of the molecule is O=C1CSc2nnc(-c3ccccc3Cl)n2N1C(=O)c1ccncc1. The van der Waals surface area contributed by atoms with Crippen molar-refractivity contribution in [3.05, 3.63) is 59.4 Å². The van der Waals surface area contributed by atoms with Gasteiger partial charge in [0, 0.05) is 23.5 Å². The van der Waals surface area contributed by atoms with Crippen LogP contribution in [-0.2, 0) is 4.79 Å². The number of aromatic nitrogens is 4. The van der Waals surface area contributed by atoms with Gasteiger partial charge in [0.25, 0.3) is 11.8 Å². The van der Waals surface area contributed by atoms with Crippen molar-refractivity contribution in [1.29, 1.82) is 0 Å². The Balaban J connectivity index is 1.87. The number of benzene rings is 1. The molecule has 2 amide bonds. The zero-order valence-electron chi connectivity index (χ0n) is 12.7. The molecule has 4 rings (SSSR count). The number of carbonyl (C=O) groups is 2. The maximum atomic E-state index is 12.9. The molecule has 0 unspecified atom stereocenters. The first-order valence-electron chi connectivity index (χ1n) is 7.27. The molecule has 9 heteroatoms. The first-order chi connectivity index (χ1) is 12.2. The van der Waals surface area contributed by atoms with Crippen LogP contribution in [0.1, 0.15) is 10.4 Å². The minimum Gasteiger partial charge on any atom is -0.272 e. The molecular weight excluding hydrogens is 362 g/mol. The van der Waals surface area contributed by atoms with E-state index in [1.165, 1.54) is 28.8 Å². The highest BCUT2D eigenvalue weighted by molar-refractivity contribution is 7.99. The standard InChI is InChI=1S/C16H10ClN5O2S/c17-12-4-2-1-3-11(12)14-19-20-16-22(14)21(13(23)9-25-16)15(24)10-5-7-18-8-6-10/h1-8H,9H2. The summed E-state index contributed by atoms with van der Waals surface area (Å²) in [6.45, 7) is 0. The molecule has 0 atom stereocenters. The summed E-state index contributed by atoms with van der Waals surface area (Å²) in [6, 6.07) is 10.2. The van der Waals surface area contributed by atoms with Gasteiger partial charge in [0.15, 0.2) is 5.82 Å². The van der Waals surface area contributed by atoms with Crippen LogP contribution in [0.4, 0.5) is 0 Å². The highest BCUT2D eigenvalue weighted by atomic mass is 35.5. The second kappa shape index (κ2) is 6.30. The van der Waals surface area contributed by atoms with Gasteiger partial charge in [0.05, 0.1) is 10.8 Å². The Morgan fingerprint density at radius 3 is 2.64 bits per heavy atom. The van der Waals surface area contributed by atoms with Gasteiger partial charge < -0.3 is 0 Å². The van der Waals surface area contributed by atoms with Gasteiger partial charge in [-0.05, 0) is 24.3 Å². The molecular formula is C16H10ClN5O2S. The fourth-order valence-corrected chi connectivity index (χ4v) is 3.45. The number of rotatable bonds is 2. The van der Waals surface area contributed by atoms with Gasteiger partial charge >= 0.3 is 0 Å². The summed E-state index contributed by atoms with van der Waals surface area (Å²) >= 11 is 7.48. The first-order valence-corrected chi connectivity index (χ1v) is 8.64. The maximum Gasteiger partial charge on any atom is 0.280 e. The summed E-state index contributed by atoms with van der Waals surface area (Å²) < 4.78 is 1.42. The molecule has 0 spiro atoms. The molecule has 25 heavy (non-hydrogen) atoms. The number of nitrogens with zero attached hydrogens (tertiary/aromatic N) is 5. The molecule has 0 bridgehead atoms. The van der Waals surface area contributed by atoms with Crippen molar-refractivity contribution in [2.24, 2.45) is 0 Å². The van der Waals surface area contributed by atoms with E-state index in [-0.39, 0.29) is 11.7 Å². The predicted molar refractivity (Wildman–Crippen MR) is 93.0 cm³/mol. The number of pyridine rings is 1. The third kappa shape index (κ3) is 2.69. The van der Waals surface area contributed by atoms with E-state index in [9.17, 15) is 9.59 Å². The highest BCUT2D eigenvalue weighted by Gasteiger charge is 2.35. The molecule has 0 aliphatic carbocycles. The Hall–Kier alpha value is -2.71. The molecule has 1 aliphatic rings. The van der Waals surface area contributed by atoms with Crippen molar-refractivity contribution in [1.82, 2.24) is 19.9 Å². The Bertz CT molecular complexity index is 976. The van der Waals surface area contributed by atoms with Crippen molar-refractivity contribution >= 4 is 35.2 Å². The molecule has 3 aromatic rings. The predicted octanol–water partition coefficient (Wildman–Crippen LogP) is 2.40. The minimum atomic E-state index is -0.470. The van der Waals surface area contributed by atoms with E-state index in [2.05, 4.69) is 15.2 Å². The zero-order valence-corrected chi connectivity index (χ0v) is 14.2. The van der Waals surface area contributed by atoms with E-state index in [0.29, 0.717) is 27.1 Å². The number of amides is 2. The lowest BCUT2D eigenvalue weighted by Crippen LogP contribution is -2.49. The molecule has 1 aromatic carbocycles. The van der Waals surface area contributed by atoms with Crippen LogP contribution in [-0.4, -0.2) is 37.4 Å². The normalized spacial score (nSPS) is 13.6. The van der Waals surface area contributed by atoms with Crippen LogP contribution in [0.15, 0.2) is 53.9 Å². The largest absolute Gasteiger partial charge is 0.280 e. The lowest BCUT2D eigenvalue weighted by atomic mass is 10.2. The Labute approximate surface area is 151 Å². The number of carbonyl (C=O) groups excluding carboxylic acids is 2. The smallest absolute Gasteiger partial charge is 0.272 e. The van der Waals surface area contributed by atoms with Crippen molar-refractivity contribution < 1.29 is 9.59 Å². The van der Waals surface area contributed by atoms with Crippen molar-refractivity contribution in [2.45, 2.75) is 5.16 Å².